The second-order valence-electron chi connectivity index (χ2n) is 7.15. The largest absolute Gasteiger partial charge is 0.486 e. The maximum Gasteiger partial charge on any atom is 0.287 e. The number of ether oxygens (including phenoxy) is 2. The Morgan fingerprint density at radius 2 is 1.80 bits per heavy atom. The number of nitrogens with zero attached hydrogens (tertiary/aromatic N) is 1. The lowest BCUT2D eigenvalue weighted by Gasteiger charge is -2.35. The summed E-state index contributed by atoms with van der Waals surface area (Å²) in [5.74, 6) is 1.07. The summed E-state index contributed by atoms with van der Waals surface area (Å²) in [5.41, 5.74) is 2.13. The molecule has 5 nitrogen and oxygen atoms in total. The first-order chi connectivity index (χ1) is 14.7. The highest BCUT2D eigenvalue weighted by molar-refractivity contribution is 8.08. The van der Waals surface area contributed by atoms with Gasteiger partial charge in [0.2, 0.25) is 0 Å². The Morgan fingerprint density at radius 3 is 2.53 bits per heavy atom. The Kier molecular flexibility index (Phi) is 7.33. The van der Waals surface area contributed by atoms with Crippen molar-refractivity contribution in [2.24, 2.45) is 0 Å². The number of nitrogens with one attached hydrogen (secondary N) is 1. The van der Waals surface area contributed by atoms with E-state index in [4.69, 9.17) is 21.1 Å². The van der Waals surface area contributed by atoms with Crippen LogP contribution in [-0.2, 0) is 14.3 Å². The van der Waals surface area contributed by atoms with Gasteiger partial charge < -0.3 is 14.8 Å². The summed E-state index contributed by atoms with van der Waals surface area (Å²) in [7, 11) is 0. The number of amides is 1. The molecule has 30 heavy (non-hydrogen) atoms. The van der Waals surface area contributed by atoms with E-state index in [-0.39, 0.29) is 11.9 Å². The summed E-state index contributed by atoms with van der Waals surface area (Å²) in [6.07, 6.45) is 0. The van der Waals surface area contributed by atoms with Gasteiger partial charge in [-0.05, 0) is 23.3 Å². The molecule has 1 saturated heterocycles. The fraction of sp³-hybridized carbons (Fsp3) is 0.348. The number of rotatable bonds is 6. The molecule has 1 fully saturated rings. The van der Waals surface area contributed by atoms with Crippen LogP contribution in [0.4, 0.5) is 0 Å². The van der Waals surface area contributed by atoms with Crippen LogP contribution in [0, 0.1) is 0 Å². The Morgan fingerprint density at radius 1 is 1.07 bits per heavy atom. The van der Waals surface area contributed by atoms with Gasteiger partial charge in [-0.3, -0.25) is 9.69 Å². The van der Waals surface area contributed by atoms with Gasteiger partial charge in [0.25, 0.3) is 5.91 Å². The van der Waals surface area contributed by atoms with Crippen LogP contribution in [0.5, 0.6) is 0 Å². The van der Waals surface area contributed by atoms with Crippen LogP contribution in [-0.4, -0.2) is 56.0 Å². The third-order valence-corrected chi connectivity index (χ3v) is 6.55. The Bertz CT molecular complexity index is 883. The molecule has 0 bridgehead atoms. The fourth-order valence-corrected chi connectivity index (χ4v) is 4.77. The van der Waals surface area contributed by atoms with Gasteiger partial charge in [0.05, 0.1) is 30.8 Å². The summed E-state index contributed by atoms with van der Waals surface area (Å²) in [6.45, 7) is 4.07. The molecule has 0 aliphatic carbocycles. The van der Waals surface area contributed by atoms with E-state index in [0.717, 1.165) is 34.9 Å². The lowest BCUT2D eigenvalue weighted by atomic mass is 10.0. The number of hydrogen-bond acceptors (Lipinski definition) is 5. The maximum atomic E-state index is 13.1. The molecule has 1 N–H and O–H groups in total. The minimum absolute atomic E-state index is 0.0483. The SMILES string of the molecule is O=C(NC[C@@H](c1ccc(Cl)cc1)N1CCOCC1)C1=C(c2ccccc2)SCCO1. The smallest absolute Gasteiger partial charge is 0.287 e. The Labute approximate surface area is 186 Å². The van der Waals surface area contributed by atoms with Gasteiger partial charge in [-0.15, -0.1) is 11.8 Å². The van der Waals surface area contributed by atoms with Crippen LogP contribution in [0.15, 0.2) is 60.4 Å². The molecule has 2 aromatic rings. The highest BCUT2D eigenvalue weighted by Crippen LogP contribution is 2.34. The van der Waals surface area contributed by atoms with Crippen molar-refractivity contribution >= 4 is 34.2 Å². The summed E-state index contributed by atoms with van der Waals surface area (Å²) >= 11 is 7.74. The molecular weight excluding hydrogens is 420 g/mol. The minimum Gasteiger partial charge on any atom is -0.486 e. The van der Waals surface area contributed by atoms with Crippen LogP contribution >= 0.6 is 23.4 Å². The van der Waals surface area contributed by atoms with Gasteiger partial charge in [0, 0.05) is 30.4 Å². The summed E-state index contributed by atoms with van der Waals surface area (Å²) in [5, 5.41) is 3.81. The lowest BCUT2D eigenvalue weighted by molar-refractivity contribution is -0.121. The van der Waals surface area contributed by atoms with E-state index >= 15 is 0 Å². The van der Waals surface area contributed by atoms with E-state index in [1.807, 2.05) is 54.6 Å². The first kappa shape index (κ1) is 21.2. The quantitative estimate of drug-likeness (QED) is 0.730. The lowest BCUT2D eigenvalue weighted by Crippen LogP contribution is -2.44. The van der Waals surface area contributed by atoms with Crippen molar-refractivity contribution < 1.29 is 14.3 Å². The van der Waals surface area contributed by atoms with E-state index in [9.17, 15) is 4.79 Å². The van der Waals surface area contributed by atoms with Gasteiger partial charge in [-0.2, -0.15) is 0 Å². The van der Waals surface area contributed by atoms with Crippen LogP contribution in [0.25, 0.3) is 4.91 Å². The molecule has 2 aliphatic rings. The summed E-state index contributed by atoms with van der Waals surface area (Å²) in [6, 6.07) is 17.8. The number of hydrogen-bond donors (Lipinski definition) is 1. The van der Waals surface area contributed by atoms with E-state index < -0.39 is 0 Å². The molecule has 2 heterocycles. The number of carbonyl (C=O) groups is 1. The molecule has 0 unspecified atom stereocenters. The highest BCUT2D eigenvalue weighted by atomic mass is 35.5. The number of halogens is 1. The second kappa shape index (κ2) is 10.4. The second-order valence-corrected chi connectivity index (χ2v) is 8.69. The zero-order valence-electron chi connectivity index (χ0n) is 16.7. The molecule has 0 spiro atoms. The van der Waals surface area contributed by atoms with Gasteiger partial charge >= 0.3 is 0 Å². The molecule has 0 saturated carbocycles. The predicted octanol–water partition coefficient (Wildman–Crippen LogP) is 3.96. The first-order valence-electron chi connectivity index (χ1n) is 10.1. The highest BCUT2D eigenvalue weighted by Gasteiger charge is 2.26. The van der Waals surface area contributed by atoms with Crippen molar-refractivity contribution in [3.63, 3.8) is 0 Å². The number of thioether (sulfide) groups is 1. The average molecular weight is 445 g/mol. The topological polar surface area (TPSA) is 50.8 Å². The van der Waals surface area contributed by atoms with E-state index in [2.05, 4.69) is 10.2 Å². The summed E-state index contributed by atoms with van der Waals surface area (Å²) in [4.78, 5) is 16.3. The normalized spacial score (nSPS) is 18.6. The molecule has 1 amide bonds. The van der Waals surface area contributed by atoms with Crippen molar-refractivity contribution in [1.82, 2.24) is 10.2 Å². The Balaban J connectivity index is 1.52. The van der Waals surface area contributed by atoms with E-state index in [1.165, 1.54) is 0 Å². The zero-order chi connectivity index (χ0) is 20.8. The predicted molar refractivity (Wildman–Crippen MR) is 121 cm³/mol. The molecule has 1 atom stereocenters. The number of morpholine rings is 1. The molecule has 4 rings (SSSR count). The standard InChI is InChI=1S/C23H25ClN2O3S/c24-19-8-6-17(7-9-19)20(26-10-12-28-13-11-26)16-25-23(27)21-22(30-15-14-29-21)18-4-2-1-3-5-18/h1-9,20H,10-16H2,(H,25,27)/t20-/m0/s1. The van der Waals surface area contributed by atoms with Crippen molar-refractivity contribution in [1.29, 1.82) is 0 Å². The number of carbonyl (C=O) groups excluding carboxylic acids is 1. The monoisotopic (exact) mass is 444 g/mol. The minimum atomic E-state index is -0.173. The molecule has 2 aromatic carbocycles. The van der Waals surface area contributed by atoms with Gasteiger partial charge in [0.1, 0.15) is 0 Å². The summed E-state index contributed by atoms with van der Waals surface area (Å²) < 4.78 is 11.3. The molecule has 0 aromatic heterocycles. The van der Waals surface area contributed by atoms with Crippen molar-refractivity contribution in [2.45, 2.75) is 6.04 Å². The van der Waals surface area contributed by atoms with Crippen molar-refractivity contribution in [2.75, 3.05) is 45.2 Å². The molecule has 158 valence electrons. The van der Waals surface area contributed by atoms with Gasteiger partial charge in [0.15, 0.2) is 5.76 Å². The van der Waals surface area contributed by atoms with Crippen molar-refractivity contribution in [3.8, 4) is 0 Å². The fourth-order valence-electron chi connectivity index (χ4n) is 3.69. The molecular formula is C23H25ClN2O3S. The molecule has 0 radical (unpaired) electrons. The van der Waals surface area contributed by atoms with Gasteiger partial charge in [-0.1, -0.05) is 54.1 Å². The van der Waals surface area contributed by atoms with Crippen LogP contribution in [0.3, 0.4) is 0 Å². The van der Waals surface area contributed by atoms with Crippen molar-refractivity contribution in [3.05, 3.63) is 76.5 Å². The van der Waals surface area contributed by atoms with E-state index in [1.54, 1.807) is 11.8 Å². The van der Waals surface area contributed by atoms with Crippen LogP contribution in [0.2, 0.25) is 5.02 Å². The van der Waals surface area contributed by atoms with Crippen LogP contribution < -0.4 is 5.32 Å². The average Bonchev–Trinajstić information content (AvgIpc) is 2.81. The molecule has 2 aliphatic heterocycles. The third-order valence-electron chi connectivity index (χ3n) is 5.22. The molecule has 7 heteroatoms. The zero-order valence-corrected chi connectivity index (χ0v) is 18.3. The Hall–Kier alpha value is -1.99. The third kappa shape index (κ3) is 5.19. The number of benzene rings is 2. The van der Waals surface area contributed by atoms with Gasteiger partial charge in [-0.25, -0.2) is 0 Å². The first-order valence-corrected chi connectivity index (χ1v) is 11.5. The van der Waals surface area contributed by atoms with E-state index in [0.29, 0.717) is 37.1 Å². The van der Waals surface area contributed by atoms with Crippen LogP contribution in [0.1, 0.15) is 17.2 Å². The maximum absolute atomic E-state index is 13.1.